The molecule has 1 unspecified atom stereocenters. The first-order chi connectivity index (χ1) is 7.71. The molecule has 3 N–H and O–H groups in total. The lowest BCUT2D eigenvalue weighted by Crippen LogP contribution is -2.39. The van der Waals surface area contributed by atoms with Crippen LogP contribution in [0.4, 0.5) is 0 Å². The Morgan fingerprint density at radius 2 is 2.25 bits per heavy atom. The fourth-order valence-corrected chi connectivity index (χ4v) is 2.39. The van der Waals surface area contributed by atoms with Crippen LogP contribution in [0.2, 0.25) is 0 Å². The molecule has 1 amide bonds. The van der Waals surface area contributed by atoms with E-state index in [0.717, 1.165) is 24.1 Å². The number of hydrogen-bond acceptors (Lipinski definition) is 3. The summed E-state index contributed by atoms with van der Waals surface area (Å²) in [5.74, 6) is 0.00796. The monoisotopic (exact) mass is 240 g/mol. The Morgan fingerprint density at radius 3 is 2.75 bits per heavy atom. The van der Waals surface area contributed by atoms with Crippen molar-refractivity contribution in [2.24, 2.45) is 5.73 Å². The normalized spacial score (nSPS) is 12.4. The lowest BCUT2D eigenvalue weighted by molar-refractivity contribution is 0.0940. The van der Waals surface area contributed by atoms with E-state index in [1.54, 1.807) is 11.3 Å². The molecular weight excluding hydrogens is 220 g/mol. The van der Waals surface area contributed by atoms with E-state index in [4.69, 9.17) is 5.73 Å². The van der Waals surface area contributed by atoms with Gasteiger partial charge in [0, 0.05) is 17.5 Å². The average Bonchev–Trinajstić information content (AvgIpc) is 2.76. The molecule has 0 bridgehead atoms. The standard InChI is InChI=1S/C12H20N2OS/c1-3-5-9(8-13)14-12(15)11-7-6-10(4-2)16-11/h6-7,9H,3-5,8,13H2,1-2H3,(H,14,15). The largest absolute Gasteiger partial charge is 0.347 e. The van der Waals surface area contributed by atoms with E-state index in [1.807, 2.05) is 12.1 Å². The second kappa shape index (κ2) is 6.66. The second-order valence-corrected chi connectivity index (χ2v) is 4.98. The molecule has 0 radical (unpaired) electrons. The highest BCUT2D eigenvalue weighted by Crippen LogP contribution is 2.16. The molecule has 0 aliphatic rings. The van der Waals surface area contributed by atoms with Crippen molar-refractivity contribution < 1.29 is 4.79 Å². The maximum Gasteiger partial charge on any atom is 0.261 e. The van der Waals surface area contributed by atoms with Crippen molar-refractivity contribution in [1.82, 2.24) is 5.32 Å². The summed E-state index contributed by atoms with van der Waals surface area (Å²) in [6.45, 7) is 4.69. The van der Waals surface area contributed by atoms with Gasteiger partial charge in [-0.25, -0.2) is 0 Å². The summed E-state index contributed by atoms with van der Waals surface area (Å²) >= 11 is 1.56. The van der Waals surface area contributed by atoms with Crippen LogP contribution in [-0.4, -0.2) is 18.5 Å². The van der Waals surface area contributed by atoms with Gasteiger partial charge in [-0.3, -0.25) is 4.79 Å². The minimum absolute atomic E-state index is 0.00796. The van der Waals surface area contributed by atoms with Crippen LogP contribution in [0, 0.1) is 0 Å². The van der Waals surface area contributed by atoms with Crippen molar-refractivity contribution in [2.75, 3.05) is 6.54 Å². The summed E-state index contributed by atoms with van der Waals surface area (Å²) < 4.78 is 0. The number of carbonyl (C=O) groups excluding carboxylic acids is 1. The van der Waals surface area contributed by atoms with Crippen LogP contribution < -0.4 is 11.1 Å². The maximum absolute atomic E-state index is 11.9. The number of rotatable bonds is 6. The van der Waals surface area contributed by atoms with Gasteiger partial charge in [0.15, 0.2) is 0 Å². The Bertz CT molecular complexity index is 336. The third-order valence-corrected chi connectivity index (χ3v) is 3.72. The molecule has 1 heterocycles. The van der Waals surface area contributed by atoms with Crippen molar-refractivity contribution in [2.45, 2.75) is 39.2 Å². The van der Waals surface area contributed by atoms with Crippen LogP contribution in [-0.2, 0) is 6.42 Å². The Labute approximate surface area is 101 Å². The van der Waals surface area contributed by atoms with E-state index in [0.29, 0.717) is 6.54 Å². The fourth-order valence-electron chi connectivity index (χ4n) is 1.54. The average molecular weight is 240 g/mol. The molecule has 0 spiro atoms. The minimum atomic E-state index is 0.00796. The Hall–Kier alpha value is -0.870. The van der Waals surface area contributed by atoms with E-state index >= 15 is 0 Å². The quantitative estimate of drug-likeness (QED) is 0.800. The van der Waals surface area contributed by atoms with Gasteiger partial charge in [0.1, 0.15) is 0 Å². The van der Waals surface area contributed by atoms with Crippen LogP contribution in [0.3, 0.4) is 0 Å². The molecule has 90 valence electrons. The van der Waals surface area contributed by atoms with E-state index < -0.39 is 0 Å². The Kier molecular flexibility index (Phi) is 5.49. The maximum atomic E-state index is 11.9. The molecule has 0 aromatic carbocycles. The van der Waals surface area contributed by atoms with Gasteiger partial charge in [0.2, 0.25) is 0 Å². The highest BCUT2D eigenvalue weighted by Gasteiger charge is 2.13. The first-order valence-corrected chi connectivity index (χ1v) is 6.62. The minimum Gasteiger partial charge on any atom is -0.347 e. The van der Waals surface area contributed by atoms with Gasteiger partial charge < -0.3 is 11.1 Å². The molecule has 0 saturated heterocycles. The molecular formula is C12H20N2OS. The van der Waals surface area contributed by atoms with Gasteiger partial charge in [0.25, 0.3) is 5.91 Å². The van der Waals surface area contributed by atoms with Crippen molar-refractivity contribution in [3.05, 3.63) is 21.9 Å². The third kappa shape index (κ3) is 3.61. The number of nitrogens with two attached hydrogens (primary N) is 1. The lowest BCUT2D eigenvalue weighted by Gasteiger charge is -2.14. The zero-order chi connectivity index (χ0) is 12.0. The van der Waals surface area contributed by atoms with E-state index in [2.05, 4.69) is 19.2 Å². The smallest absolute Gasteiger partial charge is 0.261 e. The van der Waals surface area contributed by atoms with Crippen molar-refractivity contribution >= 4 is 17.2 Å². The van der Waals surface area contributed by atoms with E-state index in [9.17, 15) is 4.79 Å². The summed E-state index contributed by atoms with van der Waals surface area (Å²) in [5, 5.41) is 2.97. The van der Waals surface area contributed by atoms with Crippen LogP contribution >= 0.6 is 11.3 Å². The Morgan fingerprint density at radius 1 is 1.50 bits per heavy atom. The molecule has 1 aromatic heterocycles. The van der Waals surface area contributed by atoms with Crippen LogP contribution in [0.25, 0.3) is 0 Å². The third-order valence-electron chi connectivity index (χ3n) is 2.49. The summed E-state index contributed by atoms with van der Waals surface area (Å²) in [6, 6.07) is 4.00. The van der Waals surface area contributed by atoms with Gasteiger partial charge in [-0.05, 0) is 25.0 Å². The van der Waals surface area contributed by atoms with Gasteiger partial charge in [-0.15, -0.1) is 11.3 Å². The van der Waals surface area contributed by atoms with E-state index in [-0.39, 0.29) is 11.9 Å². The van der Waals surface area contributed by atoms with Gasteiger partial charge in [-0.1, -0.05) is 20.3 Å². The molecule has 1 rings (SSSR count). The molecule has 0 fully saturated rings. The van der Waals surface area contributed by atoms with Gasteiger partial charge >= 0.3 is 0 Å². The SMILES string of the molecule is CCCC(CN)NC(=O)c1ccc(CC)s1. The first-order valence-electron chi connectivity index (χ1n) is 5.80. The predicted molar refractivity (Wildman–Crippen MR) is 68.9 cm³/mol. The highest BCUT2D eigenvalue weighted by molar-refractivity contribution is 7.14. The molecule has 1 atom stereocenters. The molecule has 0 aliphatic carbocycles. The Balaban J connectivity index is 2.56. The first kappa shape index (κ1) is 13.2. The topological polar surface area (TPSA) is 55.1 Å². The molecule has 0 aliphatic heterocycles. The molecule has 4 heteroatoms. The van der Waals surface area contributed by atoms with Crippen molar-refractivity contribution in [3.63, 3.8) is 0 Å². The van der Waals surface area contributed by atoms with Crippen LogP contribution in [0.15, 0.2) is 12.1 Å². The van der Waals surface area contributed by atoms with Crippen LogP contribution in [0.5, 0.6) is 0 Å². The summed E-state index contributed by atoms with van der Waals surface area (Å²) in [7, 11) is 0. The summed E-state index contributed by atoms with van der Waals surface area (Å²) in [6.07, 6.45) is 2.95. The molecule has 1 aromatic rings. The van der Waals surface area contributed by atoms with Crippen molar-refractivity contribution in [3.8, 4) is 0 Å². The molecule has 3 nitrogen and oxygen atoms in total. The fraction of sp³-hybridized carbons (Fsp3) is 0.583. The zero-order valence-electron chi connectivity index (χ0n) is 9.95. The number of thiophene rings is 1. The summed E-state index contributed by atoms with van der Waals surface area (Å²) in [4.78, 5) is 13.9. The predicted octanol–water partition coefficient (Wildman–Crippen LogP) is 2.17. The number of amides is 1. The number of nitrogens with one attached hydrogen (secondary N) is 1. The number of hydrogen-bond donors (Lipinski definition) is 2. The second-order valence-electron chi connectivity index (χ2n) is 3.81. The zero-order valence-corrected chi connectivity index (χ0v) is 10.8. The highest BCUT2D eigenvalue weighted by atomic mass is 32.1. The van der Waals surface area contributed by atoms with Gasteiger partial charge in [-0.2, -0.15) is 0 Å². The van der Waals surface area contributed by atoms with Gasteiger partial charge in [0.05, 0.1) is 4.88 Å². The summed E-state index contributed by atoms with van der Waals surface area (Å²) in [5.41, 5.74) is 5.61. The molecule has 0 saturated carbocycles. The lowest BCUT2D eigenvalue weighted by atomic mass is 10.1. The number of carbonyl (C=O) groups is 1. The van der Waals surface area contributed by atoms with E-state index in [1.165, 1.54) is 4.88 Å². The van der Waals surface area contributed by atoms with Crippen molar-refractivity contribution in [1.29, 1.82) is 0 Å². The number of aryl methyl sites for hydroxylation is 1. The molecule has 16 heavy (non-hydrogen) atoms. The van der Waals surface area contributed by atoms with Crippen LogP contribution in [0.1, 0.15) is 41.2 Å².